The Morgan fingerprint density at radius 2 is 1.53 bits per heavy atom. The quantitative estimate of drug-likeness (QED) is 0.139. The maximum Gasteiger partial charge on any atom is 0.472 e. The fourth-order valence-electron chi connectivity index (χ4n) is 5.46. The number of aliphatic hydroxyl groups is 2. The number of imidazole rings is 2. The maximum absolute atomic E-state index is 13.3. The van der Waals surface area contributed by atoms with Gasteiger partial charge in [0.25, 0.3) is 0 Å². The second-order valence-electron chi connectivity index (χ2n) is 10.5. The predicted octanol–water partition coefficient (Wildman–Crippen LogP) is -0.987. The summed E-state index contributed by atoms with van der Waals surface area (Å²) in [7, 11) is -9.68. The molecule has 0 saturated carbocycles. The number of hydrogen-bond acceptors (Lipinski definition) is 17. The molecule has 7 heterocycles. The molecule has 0 amide bonds. The minimum atomic E-state index is -5.05. The molecule has 3 aliphatic heterocycles. The summed E-state index contributed by atoms with van der Waals surface area (Å²) in [6.45, 7) is -1.25. The first-order valence-corrected chi connectivity index (χ1v) is 16.6. The van der Waals surface area contributed by atoms with E-state index in [2.05, 4.69) is 24.9 Å². The summed E-state index contributed by atoms with van der Waals surface area (Å²) in [4.78, 5) is 41.9. The van der Waals surface area contributed by atoms with Gasteiger partial charge in [0.1, 0.15) is 60.3 Å². The standard InChI is InChI=1S/C22H27N9O12P2/c23-9-1-2-25-19-12(9)28-6-30(19)21-15(33)16-11(41-21)4-39-45(36,37)43-17-14(32)10(3-38-8-44(34,35)42-16)40-22(17)31-7-29-13-18(24)26-5-27-20(13)31/h1-2,5-7,10-11,14-17,21-22,32-33H,3-4,8H2,(H2,23,25)(H,34,35)(H,36,37)(H2,24,26,27)/t10-,11-,14+,15?,16+,17?,21-,22-/m1/s1. The Bertz CT molecular complexity index is 1840. The van der Waals surface area contributed by atoms with E-state index in [1.54, 1.807) is 0 Å². The number of aliphatic hydroxyl groups excluding tert-OH is 2. The van der Waals surface area contributed by atoms with Crippen molar-refractivity contribution in [3.8, 4) is 0 Å². The Hall–Kier alpha value is -3.17. The van der Waals surface area contributed by atoms with Crippen LogP contribution in [0.2, 0.25) is 0 Å². The van der Waals surface area contributed by atoms with Gasteiger partial charge in [-0.05, 0) is 6.07 Å². The van der Waals surface area contributed by atoms with Crippen molar-refractivity contribution in [2.75, 3.05) is 31.0 Å². The summed E-state index contributed by atoms with van der Waals surface area (Å²) < 4.78 is 62.2. The molecule has 21 nitrogen and oxygen atoms in total. The molecule has 4 aromatic heterocycles. The molecule has 45 heavy (non-hydrogen) atoms. The molecule has 0 spiro atoms. The number of ether oxygens (including phenoxy) is 3. The molecule has 2 bridgehead atoms. The van der Waals surface area contributed by atoms with Crippen LogP contribution in [0.3, 0.4) is 0 Å². The highest BCUT2D eigenvalue weighted by atomic mass is 31.2. The van der Waals surface area contributed by atoms with Crippen molar-refractivity contribution < 1.29 is 56.9 Å². The number of phosphoric ester groups is 1. The first kappa shape index (κ1) is 30.5. The number of aromatic nitrogens is 7. The Morgan fingerprint density at radius 3 is 2.33 bits per heavy atom. The molecule has 0 radical (unpaired) electrons. The van der Waals surface area contributed by atoms with Gasteiger partial charge in [-0.1, -0.05) is 0 Å². The molecule has 0 aromatic carbocycles. The molecule has 242 valence electrons. The number of pyridine rings is 1. The summed E-state index contributed by atoms with van der Waals surface area (Å²) in [6.07, 6.45) is -7.32. The average Bonchev–Trinajstić information content (AvgIpc) is 3.74. The van der Waals surface area contributed by atoms with Crippen LogP contribution in [0.1, 0.15) is 12.5 Å². The molecular formula is C22H27N9O12P2. The van der Waals surface area contributed by atoms with E-state index in [0.717, 1.165) is 0 Å². The van der Waals surface area contributed by atoms with Crippen molar-refractivity contribution in [2.45, 2.75) is 49.1 Å². The molecule has 3 fully saturated rings. The number of rotatable bonds is 2. The summed E-state index contributed by atoms with van der Waals surface area (Å²) in [5.41, 5.74) is 13.0. The lowest BCUT2D eigenvalue weighted by molar-refractivity contribution is -0.0633. The lowest BCUT2D eigenvalue weighted by Gasteiger charge is -2.26. The average molecular weight is 671 g/mol. The van der Waals surface area contributed by atoms with Crippen molar-refractivity contribution >= 4 is 49.3 Å². The van der Waals surface area contributed by atoms with E-state index in [1.165, 1.54) is 40.4 Å². The normalized spacial score (nSPS) is 38.0. The second kappa shape index (κ2) is 11.3. The van der Waals surface area contributed by atoms with Crippen LogP contribution in [0.15, 0.2) is 31.2 Å². The van der Waals surface area contributed by atoms with Gasteiger partial charge in [0.05, 0.1) is 31.6 Å². The van der Waals surface area contributed by atoms with E-state index in [1.807, 2.05) is 0 Å². The predicted molar refractivity (Wildman–Crippen MR) is 148 cm³/mol. The molecule has 7 rings (SSSR count). The minimum absolute atomic E-state index is 0.0532. The summed E-state index contributed by atoms with van der Waals surface area (Å²) in [6, 6.07) is 1.53. The number of phosphoric acid groups is 1. The van der Waals surface area contributed by atoms with Crippen LogP contribution in [0.25, 0.3) is 22.3 Å². The SMILES string of the molecule is Nc1ncnc2c1ncn2[C@@H]1O[C@@H]2COCP(=O)(O)O[C@@H]3C(O)[C@H](n4cnc5c(N)ccnc54)O[C@@H]3COP(=O)(O)OC1[C@H]2O. The molecular weight excluding hydrogens is 644 g/mol. The third-order valence-electron chi connectivity index (χ3n) is 7.53. The third-order valence-corrected chi connectivity index (χ3v) is 9.60. The molecule has 23 heteroatoms. The van der Waals surface area contributed by atoms with Gasteiger partial charge >= 0.3 is 15.4 Å². The summed E-state index contributed by atoms with van der Waals surface area (Å²) in [5.74, 6) is 0.0532. The van der Waals surface area contributed by atoms with E-state index in [-0.39, 0.29) is 22.6 Å². The van der Waals surface area contributed by atoms with E-state index in [9.17, 15) is 29.1 Å². The number of nitrogen functional groups attached to an aromatic ring is 2. The molecule has 8 N–H and O–H groups in total. The van der Waals surface area contributed by atoms with Crippen molar-refractivity contribution in [3.05, 3.63) is 31.2 Å². The van der Waals surface area contributed by atoms with Gasteiger partial charge in [-0.3, -0.25) is 27.3 Å². The van der Waals surface area contributed by atoms with Crippen molar-refractivity contribution in [2.24, 2.45) is 0 Å². The zero-order chi connectivity index (χ0) is 31.7. The van der Waals surface area contributed by atoms with Crippen molar-refractivity contribution in [1.82, 2.24) is 34.1 Å². The number of anilines is 2. The van der Waals surface area contributed by atoms with E-state index < -0.39 is 84.1 Å². The minimum Gasteiger partial charge on any atom is -0.397 e. The van der Waals surface area contributed by atoms with Crippen molar-refractivity contribution in [3.63, 3.8) is 0 Å². The molecule has 3 aliphatic rings. The van der Waals surface area contributed by atoms with Gasteiger partial charge < -0.3 is 45.7 Å². The highest BCUT2D eigenvalue weighted by Gasteiger charge is 2.53. The highest BCUT2D eigenvalue weighted by Crippen LogP contribution is 2.52. The van der Waals surface area contributed by atoms with Gasteiger partial charge in [0.15, 0.2) is 29.6 Å². The third kappa shape index (κ3) is 5.50. The van der Waals surface area contributed by atoms with Gasteiger partial charge in [0.2, 0.25) is 0 Å². The lowest BCUT2D eigenvalue weighted by atomic mass is 10.1. The zero-order valence-electron chi connectivity index (χ0n) is 22.9. The van der Waals surface area contributed by atoms with Crippen LogP contribution in [0.4, 0.5) is 11.5 Å². The smallest absolute Gasteiger partial charge is 0.397 e. The number of nitrogens with two attached hydrogens (primary N) is 2. The summed E-state index contributed by atoms with van der Waals surface area (Å²) in [5, 5.41) is 22.3. The van der Waals surface area contributed by atoms with E-state index in [4.69, 9.17) is 39.2 Å². The molecule has 10 atom stereocenters. The fraction of sp³-hybridized carbons (Fsp3) is 0.500. The monoisotopic (exact) mass is 671 g/mol. The highest BCUT2D eigenvalue weighted by molar-refractivity contribution is 7.52. The topological polar surface area (TPSA) is 297 Å². The van der Waals surface area contributed by atoms with Crippen molar-refractivity contribution in [1.29, 1.82) is 0 Å². The van der Waals surface area contributed by atoms with E-state index in [0.29, 0.717) is 11.2 Å². The van der Waals surface area contributed by atoms with Crippen LogP contribution in [0, 0.1) is 0 Å². The number of nitrogens with zero attached hydrogens (tertiary/aromatic N) is 7. The van der Waals surface area contributed by atoms with Crippen LogP contribution in [-0.4, -0.2) is 110 Å². The van der Waals surface area contributed by atoms with Crippen LogP contribution >= 0.6 is 15.4 Å². The Kier molecular flexibility index (Phi) is 7.63. The van der Waals surface area contributed by atoms with Gasteiger partial charge in [-0.2, -0.15) is 0 Å². The molecule has 4 unspecified atom stereocenters. The summed E-state index contributed by atoms with van der Waals surface area (Å²) >= 11 is 0. The Morgan fingerprint density at radius 1 is 0.822 bits per heavy atom. The zero-order valence-corrected chi connectivity index (χ0v) is 24.7. The Labute approximate surface area is 251 Å². The first-order valence-electron chi connectivity index (χ1n) is 13.3. The van der Waals surface area contributed by atoms with Crippen LogP contribution in [-0.2, 0) is 36.9 Å². The lowest BCUT2D eigenvalue weighted by Crippen LogP contribution is -2.38. The van der Waals surface area contributed by atoms with Crippen LogP contribution in [0.5, 0.6) is 0 Å². The largest absolute Gasteiger partial charge is 0.472 e. The fourth-order valence-corrected chi connectivity index (χ4v) is 7.43. The second-order valence-corrected chi connectivity index (χ2v) is 13.6. The maximum atomic E-state index is 13.3. The van der Waals surface area contributed by atoms with Gasteiger partial charge in [0, 0.05) is 6.20 Å². The molecule has 4 aromatic rings. The number of hydrogen-bond donors (Lipinski definition) is 6. The van der Waals surface area contributed by atoms with Crippen LogP contribution < -0.4 is 11.5 Å². The first-order chi connectivity index (χ1) is 21.4. The number of fused-ring (bicyclic) bond motifs is 5. The Balaban J connectivity index is 1.19. The van der Waals surface area contributed by atoms with Gasteiger partial charge in [-0.25, -0.2) is 29.5 Å². The molecule has 3 saturated heterocycles. The molecule has 0 aliphatic carbocycles. The van der Waals surface area contributed by atoms with Gasteiger partial charge in [-0.15, -0.1) is 0 Å². The van der Waals surface area contributed by atoms with E-state index >= 15 is 0 Å².